The van der Waals surface area contributed by atoms with Crippen LogP contribution < -0.4 is 0 Å². The van der Waals surface area contributed by atoms with Gasteiger partial charge < -0.3 is 0 Å². The van der Waals surface area contributed by atoms with Crippen LogP contribution in [0, 0.1) is 0 Å². The quantitative estimate of drug-likeness (QED) is 0.510. The number of allylic oxidation sites excluding steroid dienone is 5. The van der Waals surface area contributed by atoms with Crippen LogP contribution in [-0.4, -0.2) is 0 Å². The zero-order valence-corrected chi connectivity index (χ0v) is 7.52. The highest BCUT2D eigenvalue weighted by Gasteiger charge is 1.66. The van der Waals surface area contributed by atoms with E-state index in [9.17, 15) is 0 Å². The molecule has 0 aliphatic carbocycles. The molecule has 0 saturated carbocycles. The molecule has 0 bridgehead atoms. The first-order valence-corrected chi connectivity index (χ1v) is 3.72. The van der Waals surface area contributed by atoms with Gasteiger partial charge >= 0.3 is 0 Å². The highest BCUT2D eigenvalue weighted by Crippen LogP contribution is 1.88. The van der Waals surface area contributed by atoms with Crippen LogP contribution in [0.4, 0.5) is 0 Å². The fraction of sp³-hybridized carbons (Fsp3) is 0.400. The van der Waals surface area contributed by atoms with E-state index in [-0.39, 0.29) is 0 Å². The van der Waals surface area contributed by atoms with Crippen LogP contribution in [0.2, 0.25) is 0 Å². The maximum absolute atomic E-state index is 3.71. The lowest BCUT2D eigenvalue weighted by Gasteiger charge is -1.78. The predicted molar refractivity (Wildman–Crippen MR) is 50.1 cm³/mol. The maximum Gasteiger partial charge on any atom is -0.0404 e. The van der Waals surface area contributed by atoms with Gasteiger partial charge in [-0.05, 0) is 13.8 Å². The lowest BCUT2D eigenvalue weighted by atomic mass is 10.3. The number of rotatable bonds is 2. The van der Waals surface area contributed by atoms with E-state index in [1.165, 1.54) is 0 Å². The summed E-state index contributed by atoms with van der Waals surface area (Å²) in [6, 6.07) is 0. The highest BCUT2D eigenvalue weighted by molar-refractivity contribution is 5.16. The summed E-state index contributed by atoms with van der Waals surface area (Å²) < 4.78 is 0. The molecule has 0 heteroatoms. The van der Waals surface area contributed by atoms with Gasteiger partial charge in [-0.1, -0.05) is 50.3 Å². The maximum atomic E-state index is 3.71. The van der Waals surface area contributed by atoms with Crippen molar-refractivity contribution < 1.29 is 0 Å². The Bertz CT molecular complexity index is 116. The predicted octanol–water partition coefficient (Wildman–Crippen LogP) is 3.72. The molecule has 58 valence electrons. The summed E-state index contributed by atoms with van der Waals surface area (Å²) in [6.45, 7) is 11.7. The van der Waals surface area contributed by atoms with E-state index in [2.05, 4.69) is 6.58 Å². The minimum Gasteiger partial charge on any atom is -0.0961 e. The first-order valence-electron chi connectivity index (χ1n) is 3.72. The Hall–Kier alpha value is -0.780. The van der Waals surface area contributed by atoms with Crippen LogP contribution in [0.5, 0.6) is 0 Å². The summed E-state index contributed by atoms with van der Waals surface area (Å²) >= 11 is 0. The standard InChI is InChI=1S/C8H12.C2H6/c1-4-5-6-7-8(2)3;1-2/h4-7H,2H2,1,3H3;1-2H3/b5-4+,7-6-;. The molecule has 0 aromatic carbocycles. The molecule has 0 radical (unpaired) electrons. The largest absolute Gasteiger partial charge is 0.0961 e. The Morgan fingerprint density at radius 2 is 1.70 bits per heavy atom. The smallest absolute Gasteiger partial charge is 0.0404 e. The molecular weight excluding hydrogens is 120 g/mol. The van der Waals surface area contributed by atoms with Gasteiger partial charge in [-0.15, -0.1) is 0 Å². The summed E-state index contributed by atoms with van der Waals surface area (Å²) in [7, 11) is 0. The first kappa shape index (κ1) is 12.0. The van der Waals surface area contributed by atoms with Crippen molar-refractivity contribution in [2.24, 2.45) is 0 Å². The van der Waals surface area contributed by atoms with Crippen molar-refractivity contribution >= 4 is 0 Å². The highest BCUT2D eigenvalue weighted by atomic mass is 13.7. The number of hydrogen-bond donors (Lipinski definition) is 0. The number of hydrogen-bond acceptors (Lipinski definition) is 0. The Labute approximate surface area is 65.0 Å². The van der Waals surface area contributed by atoms with Crippen LogP contribution >= 0.6 is 0 Å². The summed E-state index contributed by atoms with van der Waals surface area (Å²) in [6.07, 6.45) is 7.91. The minimum absolute atomic E-state index is 1.09. The molecule has 0 aliphatic rings. The van der Waals surface area contributed by atoms with E-state index in [1.54, 1.807) is 0 Å². The zero-order valence-electron chi connectivity index (χ0n) is 7.52. The van der Waals surface area contributed by atoms with Gasteiger partial charge in [0.15, 0.2) is 0 Å². The molecule has 0 atom stereocenters. The Balaban J connectivity index is 0. The SMILES string of the molecule is C=C(C)/C=C\C=C\C.CC. The van der Waals surface area contributed by atoms with Gasteiger partial charge in [-0.2, -0.15) is 0 Å². The molecule has 0 aromatic heterocycles. The van der Waals surface area contributed by atoms with Gasteiger partial charge in [0.1, 0.15) is 0 Å². The Kier molecular flexibility index (Phi) is 13.2. The van der Waals surface area contributed by atoms with Gasteiger partial charge in [0, 0.05) is 0 Å². The molecule has 0 aromatic rings. The van der Waals surface area contributed by atoms with Crippen LogP contribution in [0.25, 0.3) is 0 Å². The molecule has 0 aliphatic heterocycles. The summed E-state index contributed by atoms with van der Waals surface area (Å²) in [5.41, 5.74) is 1.09. The van der Waals surface area contributed by atoms with E-state index in [0.717, 1.165) is 5.57 Å². The van der Waals surface area contributed by atoms with Gasteiger partial charge in [-0.25, -0.2) is 0 Å². The van der Waals surface area contributed by atoms with E-state index in [1.807, 2.05) is 52.0 Å². The normalized spacial score (nSPS) is 9.60. The molecule has 0 nitrogen and oxygen atoms in total. The molecule has 0 fully saturated rings. The fourth-order valence-electron chi connectivity index (χ4n) is 0.331. The van der Waals surface area contributed by atoms with Gasteiger partial charge in [-0.3, -0.25) is 0 Å². The average molecular weight is 138 g/mol. The van der Waals surface area contributed by atoms with E-state index in [0.29, 0.717) is 0 Å². The zero-order chi connectivity index (χ0) is 8.41. The molecular formula is C10H18. The third-order valence-corrected chi connectivity index (χ3v) is 0.684. The molecule has 0 heterocycles. The third-order valence-electron chi connectivity index (χ3n) is 0.684. The summed E-state index contributed by atoms with van der Waals surface area (Å²) in [5, 5.41) is 0. The molecule has 0 spiro atoms. The van der Waals surface area contributed by atoms with E-state index >= 15 is 0 Å². The fourth-order valence-corrected chi connectivity index (χ4v) is 0.331. The van der Waals surface area contributed by atoms with E-state index in [4.69, 9.17) is 0 Å². The van der Waals surface area contributed by atoms with Crippen LogP contribution in [0.15, 0.2) is 36.5 Å². The second-order valence-electron chi connectivity index (χ2n) is 1.73. The molecule has 0 rings (SSSR count). The lowest BCUT2D eigenvalue weighted by molar-refractivity contribution is 1.50. The average Bonchev–Trinajstić information content (AvgIpc) is 1.92. The second kappa shape index (κ2) is 11.1. The molecule has 0 amide bonds. The van der Waals surface area contributed by atoms with Crippen molar-refractivity contribution in [1.82, 2.24) is 0 Å². The van der Waals surface area contributed by atoms with Crippen molar-refractivity contribution in [3.05, 3.63) is 36.5 Å². The van der Waals surface area contributed by atoms with Crippen molar-refractivity contribution in [3.8, 4) is 0 Å². The molecule has 0 N–H and O–H groups in total. The molecule has 0 unspecified atom stereocenters. The topological polar surface area (TPSA) is 0 Å². The molecule has 0 saturated heterocycles. The van der Waals surface area contributed by atoms with Crippen molar-refractivity contribution in [3.63, 3.8) is 0 Å². The summed E-state index contributed by atoms with van der Waals surface area (Å²) in [4.78, 5) is 0. The third kappa shape index (κ3) is 15.7. The molecule has 10 heavy (non-hydrogen) atoms. The van der Waals surface area contributed by atoms with E-state index < -0.39 is 0 Å². The lowest BCUT2D eigenvalue weighted by Crippen LogP contribution is -1.56. The van der Waals surface area contributed by atoms with Crippen molar-refractivity contribution in [1.29, 1.82) is 0 Å². The van der Waals surface area contributed by atoms with Crippen LogP contribution in [0.3, 0.4) is 0 Å². The van der Waals surface area contributed by atoms with Crippen LogP contribution in [0.1, 0.15) is 27.7 Å². The van der Waals surface area contributed by atoms with Crippen LogP contribution in [-0.2, 0) is 0 Å². The Morgan fingerprint density at radius 1 is 1.20 bits per heavy atom. The Morgan fingerprint density at radius 3 is 2.00 bits per heavy atom. The monoisotopic (exact) mass is 138 g/mol. The first-order chi connectivity index (χ1) is 4.77. The summed E-state index contributed by atoms with van der Waals surface area (Å²) in [5.74, 6) is 0. The van der Waals surface area contributed by atoms with Gasteiger partial charge in [0.2, 0.25) is 0 Å². The van der Waals surface area contributed by atoms with Gasteiger partial charge in [0.25, 0.3) is 0 Å². The van der Waals surface area contributed by atoms with Crippen molar-refractivity contribution in [2.45, 2.75) is 27.7 Å². The van der Waals surface area contributed by atoms with Crippen molar-refractivity contribution in [2.75, 3.05) is 0 Å². The second-order valence-corrected chi connectivity index (χ2v) is 1.73. The minimum atomic E-state index is 1.09. The van der Waals surface area contributed by atoms with Gasteiger partial charge in [0.05, 0.1) is 0 Å².